The van der Waals surface area contributed by atoms with E-state index in [1.807, 2.05) is 33.8 Å². The van der Waals surface area contributed by atoms with E-state index in [0.29, 0.717) is 5.56 Å². The quantitative estimate of drug-likeness (QED) is 0.900. The Morgan fingerprint density at radius 2 is 1.65 bits per heavy atom. The third-order valence-electron chi connectivity index (χ3n) is 2.68. The maximum Gasteiger partial charge on any atom is 0.339 e. The Balaban J connectivity index is 0.00000256. The molecular weight excluding hydrogens is 295 g/mol. The van der Waals surface area contributed by atoms with Crippen molar-refractivity contribution in [2.75, 3.05) is 0 Å². The van der Waals surface area contributed by atoms with Crippen LogP contribution in [0, 0.1) is 0 Å². The Hall–Kier alpha value is -0.627. The van der Waals surface area contributed by atoms with Crippen LogP contribution in [0.4, 0.5) is 0 Å². The summed E-state index contributed by atoms with van der Waals surface area (Å²) in [4.78, 5) is 11.0. The van der Waals surface area contributed by atoms with Crippen molar-refractivity contribution in [2.24, 2.45) is 0 Å². The normalized spacial score (nSPS) is 10.5. The SMILES string of the molecule is CC(C)c1cc(C(=O)O)c(O)c(C(C)C)c1.[Zr]. The molecule has 1 aromatic carbocycles. The van der Waals surface area contributed by atoms with E-state index in [-0.39, 0.29) is 49.4 Å². The van der Waals surface area contributed by atoms with Crippen LogP contribution in [0.25, 0.3) is 0 Å². The minimum atomic E-state index is -1.08. The molecule has 2 N–H and O–H groups in total. The summed E-state index contributed by atoms with van der Waals surface area (Å²) in [5, 5.41) is 18.9. The predicted octanol–water partition coefficient (Wildman–Crippen LogP) is 3.33. The van der Waals surface area contributed by atoms with Crippen molar-refractivity contribution in [2.45, 2.75) is 39.5 Å². The van der Waals surface area contributed by atoms with E-state index in [0.717, 1.165) is 5.56 Å². The third kappa shape index (κ3) is 3.67. The predicted molar refractivity (Wildman–Crippen MR) is 63.2 cm³/mol. The molecular formula is C13H18O3Zr. The van der Waals surface area contributed by atoms with Crippen LogP contribution in [0.5, 0.6) is 5.75 Å². The Bertz CT molecular complexity index is 411. The Labute approximate surface area is 121 Å². The maximum absolute atomic E-state index is 11.0. The minimum absolute atomic E-state index is 0. The third-order valence-corrected chi connectivity index (χ3v) is 2.68. The first-order valence-corrected chi connectivity index (χ1v) is 5.44. The van der Waals surface area contributed by atoms with Gasteiger partial charge in [0.05, 0.1) is 0 Å². The number of aromatic carboxylic acids is 1. The Morgan fingerprint density at radius 3 is 2.00 bits per heavy atom. The van der Waals surface area contributed by atoms with Crippen LogP contribution in [-0.2, 0) is 26.2 Å². The van der Waals surface area contributed by atoms with Crippen molar-refractivity contribution in [1.29, 1.82) is 0 Å². The molecule has 3 nitrogen and oxygen atoms in total. The molecule has 0 aliphatic rings. The number of phenols is 1. The number of rotatable bonds is 3. The molecule has 4 heteroatoms. The van der Waals surface area contributed by atoms with Gasteiger partial charge in [-0.1, -0.05) is 33.8 Å². The van der Waals surface area contributed by atoms with Crippen LogP contribution in [0.3, 0.4) is 0 Å². The fraction of sp³-hybridized carbons (Fsp3) is 0.462. The van der Waals surface area contributed by atoms with Gasteiger partial charge in [-0.15, -0.1) is 0 Å². The van der Waals surface area contributed by atoms with Gasteiger partial charge >= 0.3 is 5.97 Å². The summed E-state index contributed by atoms with van der Waals surface area (Å²) in [5.74, 6) is -0.832. The van der Waals surface area contributed by atoms with Crippen molar-refractivity contribution in [3.8, 4) is 5.75 Å². The van der Waals surface area contributed by atoms with Gasteiger partial charge < -0.3 is 10.2 Å². The molecule has 0 radical (unpaired) electrons. The summed E-state index contributed by atoms with van der Waals surface area (Å²) in [6, 6.07) is 3.44. The molecule has 0 amide bonds. The molecule has 0 heterocycles. The fourth-order valence-corrected chi connectivity index (χ4v) is 1.62. The zero-order valence-corrected chi connectivity index (χ0v) is 13.1. The number of aromatic hydroxyl groups is 1. The molecule has 0 spiro atoms. The number of hydrogen-bond donors (Lipinski definition) is 2. The van der Waals surface area contributed by atoms with Gasteiger partial charge in [0.25, 0.3) is 0 Å². The van der Waals surface area contributed by atoms with Gasteiger partial charge in [0.15, 0.2) is 0 Å². The van der Waals surface area contributed by atoms with Crippen molar-refractivity contribution in [3.63, 3.8) is 0 Å². The van der Waals surface area contributed by atoms with E-state index in [1.54, 1.807) is 6.07 Å². The molecule has 92 valence electrons. The molecule has 1 aromatic rings. The summed E-state index contributed by atoms with van der Waals surface area (Å²) in [5.41, 5.74) is 1.64. The number of carboxylic acids is 1. The second-order valence-corrected chi connectivity index (χ2v) is 4.62. The van der Waals surface area contributed by atoms with Gasteiger partial charge in [0, 0.05) is 26.2 Å². The van der Waals surface area contributed by atoms with E-state index >= 15 is 0 Å². The molecule has 0 bridgehead atoms. The second-order valence-electron chi connectivity index (χ2n) is 4.62. The largest absolute Gasteiger partial charge is 0.507 e. The molecule has 0 aliphatic heterocycles. The number of carbonyl (C=O) groups is 1. The van der Waals surface area contributed by atoms with Gasteiger partial charge in [-0.25, -0.2) is 4.79 Å². The summed E-state index contributed by atoms with van der Waals surface area (Å²) in [7, 11) is 0. The smallest absolute Gasteiger partial charge is 0.339 e. The Morgan fingerprint density at radius 1 is 1.12 bits per heavy atom. The van der Waals surface area contributed by atoms with Crippen LogP contribution in [0.1, 0.15) is 61.0 Å². The van der Waals surface area contributed by atoms with Gasteiger partial charge in [-0.2, -0.15) is 0 Å². The standard InChI is InChI=1S/C13H18O3.Zr/c1-7(2)9-5-10(8(3)4)12(14)11(6-9)13(15)16;/h5-8,14H,1-4H3,(H,15,16);. The van der Waals surface area contributed by atoms with Crippen LogP contribution < -0.4 is 0 Å². The van der Waals surface area contributed by atoms with Gasteiger partial charge in [0.2, 0.25) is 0 Å². The van der Waals surface area contributed by atoms with Crippen LogP contribution >= 0.6 is 0 Å². The van der Waals surface area contributed by atoms with Crippen molar-refractivity contribution in [3.05, 3.63) is 28.8 Å². The number of hydrogen-bond acceptors (Lipinski definition) is 2. The van der Waals surface area contributed by atoms with Crippen LogP contribution in [0.15, 0.2) is 12.1 Å². The van der Waals surface area contributed by atoms with Crippen LogP contribution in [0.2, 0.25) is 0 Å². The van der Waals surface area contributed by atoms with E-state index in [1.165, 1.54) is 0 Å². The van der Waals surface area contributed by atoms with Crippen LogP contribution in [-0.4, -0.2) is 16.2 Å². The molecule has 17 heavy (non-hydrogen) atoms. The van der Waals surface area contributed by atoms with Gasteiger partial charge in [0.1, 0.15) is 11.3 Å². The van der Waals surface area contributed by atoms with E-state index in [9.17, 15) is 9.90 Å². The summed E-state index contributed by atoms with van der Waals surface area (Å²) < 4.78 is 0. The molecule has 0 fully saturated rings. The first-order valence-electron chi connectivity index (χ1n) is 5.44. The first-order chi connectivity index (χ1) is 7.34. The number of carboxylic acid groups (broad SMARTS) is 1. The zero-order valence-electron chi connectivity index (χ0n) is 10.6. The summed E-state index contributed by atoms with van der Waals surface area (Å²) >= 11 is 0. The molecule has 1 rings (SSSR count). The van der Waals surface area contributed by atoms with Crippen molar-refractivity contribution in [1.82, 2.24) is 0 Å². The van der Waals surface area contributed by atoms with E-state index in [2.05, 4.69) is 0 Å². The minimum Gasteiger partial charge on any atom is -0.507 e. The molecule has 0 saturated carbocycles. The van der Waals surface area contributed by atoms with Crippen molar-refractivity contribution < 1.29 is 41.2 Å². The number of benzene rings is 1. The summed E-state index contributed by atoms with van der Waals surface area (Å²) in [6.45, 7) is 7.87. The van der Waals surface area contributed by atoms with E-state index < -0.39 is 5.97 Å². The first kappa shape index (κ1) is 16.4. The molecule has 0 aliphatic carbocycles. The average Bonchev–Trinajstić information content (AvgIpc) is 2.16. The average molecular weight is 314 g/mol. The molecule has 0 unspecified atom stereocenters. The summed E-state index contributed by atoms with van der Waals surface area (Å²) in [6.07, 6.45) is 0. The second kappa shape index (κ2) is 6.34. The van der Waals surface area contributed by atoms with Gasteiger partial charge in [-0.3, -0.25) is 0 Å². The van der Waals surface area contributed by atoms with Crippen molar-refractivity contribution >= 4 is 5.97 Å². The Kier molecular flexibility index (Phi) is 6.11. The molecule has 0 atom stereocenters. The van der Waals surface area contributed by atoms with Gasteiger partial charge in [-0.05, 0) is 29.0 Å². The van der Waals surface area contributed by atoms with E-state index in [4.69, 9.17) is 5.11 Å². The zero-order chi connectivity index (χ0) is 12.5. The monoisotopic (exact) mass is 312 g/mol. The molecule has 0 aromatic heterocycles. The fourth-order valence-electron chi connectivity index (χ4n) is 1.62. The molecule has 0 saturated heterocycles. The topological polar surface area (TPSA) is 57.5 Å². The maximum atomic E-state index is 11.0.